The molecule has 1 aromatic heterocycles. The molecule has 0 bridgehead atoms. The van der Waals surface area contributed by atoms with Crippen molar-refractivity contribution in [2.45, 2.75) is 0 Å². The van der Waals surface area contributed by atoms with E-state index in [1.807, 2.05) is 54.6 Å². The van der Waals surface area contributed by atoms with E-state index in [1.54, 1.807) is 0 Å². The molecule has 0 unspecified atom stereocenters. The maximum absolute atomic E-state index is 5.21. The first kappa shape index (κ1) is 11.9. The molecule has 2 aromatic carbocycles. The summed E-state index contributed by atoms with van der Waals surface area (Å²) in [6, 6.07) is 17.4. The molecule has 3 aromatic rings. The van der Waals surface area contributed by atoms with Gasteiger partial charge >= 0.3 is 0 Å². The van der Waals surface area contributed by atoms with E-state index in [2.05, 4.69) is 31.4 Å². The monoisotopic (exact) mass is 315 g/mol. The average molecular weight is 316 g/mol. The van der Waals surface area contributed by atoms with Crippen molar-refractivity contribution in [2.24, 2.45) is 0 Å². The van der Waals surface area contributed by atoms with Gasteiger partial charge < -0.3 is 9.84 Å². The van der Waals surface area contributed by atoms with E-state index < -0.39 is 0 Å². The summed E-state index contributed by atoms with van der Waals surface area (Å²) in [5.74, 6) is 0.946. The first-order valence-electron chi connectivity index (χ1n) is 5.73. The van der Waals surface area contributed by atoms with Gasteiger partial charge in [-0.15, -0.1) is 0 Å². The zero-order chi connectivity index (χ0) is 13.1. The highest BCUT2D eigenvalue weighted by molar-refractivity contribution is 9.10. The molecule has 3 rings (SSSR count). The smallest absolute Gasteiger partial charge is 0.268 e. The Morgan fingerprint density at radius 3 is 2.42 bits per heavy atom. The SMILES string of the molecule is Brc1ccc(Nc2noc(-c3ccccc3)n2)cc1. The lowest BCUT2D eigenvalue weighted by atomic mass is 10.2. The van der Waals surface area contributed by atoms with Gasteiger partial charge in [0.2, 0.25) is 0 Å². The summed E-state index contributed by atoms with van der Waals surface area (Å²) in [7, 11) is 0. The molecular formula is C14H10BrN3O. The summed E-state index contributed by atoms with van der Waals surface area (Å²) in [4.78, 5) is 4.30. The minimum atomic E-state index is 0.446. The van der Waals surface area contributed by atoms with Gasteiger partial charge in [-0.05, 0) is 41.6 Å². The van der Waals surface area contributed by atoms with Crippen LogP contribution in [0.25, 0.3) is 11.5 Å². The molecule has 0 amide bonds. The molecular weight excluding hydrogens is 306 g/mol. The summed E-state index contributed by atoms with van der Waals surface area (Å²) in [6.45, 7) is 0. The second-order valence-electron chi connectivity index (χ2n) is 3.92. The van der Waals surface area contributed by atoms with E-state index >= 15 is 0 Å². The molecule has 0 aliphatic rings. The molecule has 0 fully saturated rings. The predicted octanol–water partition coefficient (Wildman–Crippen LogP) is 4.24. The van der Waals surface area contributed by atoms with Crippen molar-refractivity contribution in [3.8, 4) is 11.5 Å². The molecule has 1 N–H and O–H groups in total. The Bertz CT molecular complexity index is 665. The summed E-state index contributed by atoms with van der Waals surface area (Å²) >= 11 is 3.39. The van der Waals surface area contributed by atoms with Crippen molar-refractivity contribution >= 4 is 27.6 Å². The number of anilines is 2. The van der Waals surface area contributed by atoms with Crippen molar-refractivity contribution in [3.63, 3.8) is 0 Å². The first-order valence-corrected chi connectivity index (χ1v) is 6.52. The Labute approximate surface area is 118 Å². The standard InChI is InChI=1S/C14H10BrN3O/c15-11-6-8-12(9-7-11)16-14-17-13(19-18-14)10-4-2-1-3-5-10/h1-9H,(H,16,18). The molecule has 5 heteroatoms. The van der Waals surface area contributed by atoms with Crippen LogP contribution in [-0.4, -0.2) is 10.1 Å². The molecule has 0 atom stereocenters. The van der Waals surface area contributed by atoms with Crippen molar-refractivity contribution in [3.05, 3.63) is 59.1 Å². The zero-order valence-electron chi connectivity index (χ0n) is 9.88. The van der Waals surface area contributed by atoms with Gasteiger partial charge in [0, 0.05) is 15.7 Å². The maximum Gasteiger partial charge on any atom is 0.268 e. The highest BCUT2D eigenvalue weighted by Gasteiger charge is 2.07. The van der Waals surface area contributed by atoms with Crippen LogP contribution in [0.2, 0.25) is 0 Å². The van der Waals surface area contributed by atoms with Crippen LogP contribution in [0.3, 0.4) is 0 Å². The van der Waals surface area contributed by atoms with Crippen molar-refractivity contribution in [1.29, 1.82) is 0 Å². The molecule has 0 aliphatic heterocycles. The van der Waals surface area contributed by atoms with Crippen molar-refractivity contribution < 1.29 is 4.52 Å². The normalized spacial score (nSPS) is 10.4. The lowest BCUT2D eigenvalue weighted by molar-refractivity contribution is 0.433. The van der Waals surface area contributed by atoms with Gasteiger partial charge in [-0.25, -0.2) is 0 Å². The van der Waals surface area contributed by atoms with Crippen LogP contribution in [0.5, 0.6) is 0 Å². The summed E-state index contributed by atoms with van der Waals surface area (Å²) in [5.41, 5.74) is 1.81. The van der Waals surface area contributed by atoms with Crippen LogP contribution in [0.4, 0.5) is 11.6 Å². The number of hydrogen-bond acceptors (Lipinski definition) is 4. The van der Waals surface area contributed by atoms with E-state index in [0.717, 1.165) is 15.7 Å². The Kier molecular flexibility index (Phi) is 3.29. The predicted molar refractivity (Wildman–Crippen MR) is 77.2 cm³/mol. The van der Waals surface area contributed by atoms with Gasteiger partial charge in [0.05, 0.1) is 0 Å². The number of hydrogen-bond donors (Lipinski definition) is 1. The number of halogens is 1. The average Bonchev–Trinajstić information content (AvgIpc) is 2.91. The van der Waals surface area contributed by atoms with E-state index in [1.165, 1.54) is 0 Å². The molecule has 0 aliphatic carbocycles. The second kappa shape index (κ2) is 5.24. The summed E-state index contributed by atoms with van der Waals surface area (Å²) < 4.78 is 6.24. The van der Waals surface area contributed by atoms with Crippen LogP contribution in [0.15, 0.2) is 63.6 Å². The van der Waals surface area contributed by atoms with E-state index in [9.17, 15) is 0 Å². The maximum atomic E-state index is 5.21. The largest absolute Gasteiger partial charge is 0.332 e. The van der Waals surface area contributed by atoms with Crippen LogP contribution < -0.4 is 5.32 Å². The number of rotatable bonds is 3. The lowest BCUT2D eigenvalue weighted by Gasteiger charge is -1.99. The third-order valence-corrected chi connectivity index (χ3v) is 3.08. The zero-order valence-corrected chi connectivity index (χ0v) is 11.5. The molecule has 1 heterocycles. The molecule has 0 spiro atoms. The Morgan fingerprint density at radius 1 is 0.947 bits per heavy atom. The first-order chi connectivity index (χ1) is 9.31. The third kappa shape index (κ3) is 2.82. The molecule has 0 saturated carbocycles. The Balaban J connectivity index is 1.80. The van der Waals surface area contributed by atoms with E-state index in [0.29, 0.717) is 11.8 Å². The number of aromatic nitrogens is 2. The van der Waals surface area contributed by atoms with Gasteiger partial charge in [0.25, 0.3) is 11.8 Å². The summed E-state index contributed by atoms with van der Waals surface area (Å²) in [5, 5.41) is 6.99. The third-order valence-electron chi connectivity index (χ3n) is 2.55. The van der Waals surface area contributed by atoms with Crippen LogP contribution in [0.1, 0.15) is 0 Å². The van der Waals surface area contributed by atoms with Crippen LogP contribution >= 0.6 is 15.9 Å². The second-order valence-corrected chi connectivity index (χ2v) is 4.84. The fourth-order valence-corrected chi connectivity index (χ4v) is 1.90. The lowest BCUT2D eigenvalue weighted by Crippen LogP contribution is -1.91. The fraction of sp³-hybridized carbons (Fsp3) is 0. The van der Waals surface area contributed by atoms with E-state index in [4.69, 9.17) is 4.52 Å². The highest BCUT2D eigenvalue weighted by atomic mass is 79.9. The molecule has 4 nitrogen and oxygen atoms in total. The van der Waals surface area contributed by atoms with Gasteiger partial charge in [0.1, 0.15) is 0 Å². The van der Waals surface area contributed by atoms with Gasteiger partial charge in [-0.3, -0.25) is 0 Å². The number of benzene rings is 2. The molecule has 0 radical (unpaired) electrons. The minimum Gasteiger partial charge on any atom is -0.332 e. The quantitative estimate of drug-likeness (QED) is 0.785. The van der Waals surface area contributed by atoms with Crippen molar-refractivity contribution in [1.82, 2.24) is 10.1 Å². The molecule has 0 saturated heterocycles. The van der Waals surface area contributed by atoms with E-state index in [-0.39, 0.29) is 0 Å². The topological polar surface area (TPSA) is 51.0 Å². The van der Waals surface area contributed by atoms with Gasteiger partial charge in [-0.1, -0.05) is 34.1 Å². The Hall–Kier alpha value is -2.14. The fourth-order valence-electron chi connectivity index (χ4n) is 1.63. The molecule has 19 heavy (non-hydrogen) atoms. The minimum absolute atomic E-state index is 0.446. The number of nitrogens with zero attached hydrogens (tertiary/aromatic N) is 2. The Morgan fingerprint density at radius 2 is 1.68 bits per heavy atom. The van der Waals surface area contributed by atoms with Crippen LogP contribution in [-0.2, 0) is 0 Å². The van der Waals surface area contributed by atoms with Crippen LogP contribution in [0, 0.1) is 0 Å². The summed E-state index contributed by atoms with van der Waals surface area (Å²) in [6.07, 6.45) is 0. The number of nitrogens with one attached hydrogen (secondary N) is 1. The van der Waals surface area contributed by atoms with Gasteiger partial charge in [-0.2, -0.15) is 4.98 Å². The molecule has 94 valence electrons. The highest BCUT2D eigenvalue weighted by Crippen LogP contribution is 2.21. The van der Waals surface area contributed by atoms with Gasteiger partial charge in [0.15, 0.2) is 0 Å². The van der Waals surface area contributed by atoms with Crippen molar-refractivity contribution in [2.75, 3.05) is 5.32 Å².